The summed E-state index contributed by atoms with van der Waals surface area (Å²) in [6, 6.07) is 0. The van der Waals surface area contributed by atoms with Crippen molar-refractivity contribution in [3.63, 3.8) is 0 Å². The van der Waals surface area contributed by atoms with Gasteiger partial charge in [0.2, 0.25) is 0 Å². The van der Waals surface area contributed by atoms with E-state index in [4.69, 9.17) is 37.0 Å². The van der Waals surface area contributed by atoms with E-state index in [0.717, 1.165) is 121 Å². The average molecular weight is 1410 g/mol. The smallest absolute Gasteiger partial charge is 0.462 e. The molecule has 0 heterocycles. The minimum Gasteiger partial charge on any atom is -0.462 e. The highest BCUT2D eigenvalue weighted by molar-refractivity contribution is 7.47. The minimum atomic E-state index is -4.97. The topological polar surface area (TPSA) is 237 Å². The van der Waals surface area contributed by atoms with Crippen LogP contribution in [0.15, 0.2) is 24.3 Å². The lowest BCUT2D eigenvalue weighted by Crippen LogP contribution is -2.30. The Hall–Kier alpha value is -2.46. The number of unbranched alkanes of at least 4 members (excludes halogenated alkanes) is 39. The Morgan fingerprint density at radius 3 is 0.885 bits per heavy atom. The number of carbonyl (C=O) groups is 4. The third kappa shape index (κ3) is 67.4. The lowest BCUT2D eigenvalue weighted by Gasteiger charge is -2.21. The molecule has 0 aromatic heterocycles. The van der Waals surface area contributed by atoms with E-state index in [-0.39, 0.29) is 25.7 Å². The molecule has 0 saturated carbocycles. The highest BCUT2D eigenvalue weighted by Crippen LogP contribution is 2.45. The molecule has 0 aromatic rings. The van der Waals surface area contributed by atoms with E-state index in [1.807, 2.05) is 0 Å². The Morgan fingerprint density at radius 1 is 0.333 bits per heavy atom. The second kappa shape index (κ2) is 68.3. The lowest BCUT2D eigenvalue weighted by atomic mass is 9.99. The first-order valence-corrected chi connectivity index (χ1v) is 42.4. The number of allylic oxidation sites excluding steroid dienone is 4. The quantitative estimate of drug-likeness (QED) is 0.0169. The molecule has 0 spiro atoms. The van der Waals surface area contributed by atoms with Crippen molar-refractivity contribution in [2.45, 2.75) is 394 Å². The van der Waals surface area contributed by atoms with Crippen LogP contribution < -0.4 is 0 Å². The molecule has 7 atom stereocenters. The molecule has 0 aliphatic heterocycles. The molecule has 19 heteroatoms. The van der Waals surface area contributed by atoms with E-state index in [2.05, 4.69) is 65.8 Å². The van der Waals surface area contributed by atoms with Gasteiger partial charge in [-0.3, -0.25) is 37.3 Å². The summed E-state index contributed by atoms with van der Waals surface area (Å²) >= 11 is 0. The minimum absolute atomic E-state index is 0.101. The summed E-state index contributed by atoms with van der Waals surface area (Å²) in [5, 5.41) is 10.6. The Labute approximate surface area is 586 Å². The predicted octanol–water partition coefficient (Wildman–Crippen LogP) is 22.3. The number of esters is 4. The van der Waals surface area contributed by atoms with Gasteiger partial charge in [0.05, 0.1) is 26.4 Å². The van der Waals surface area contributed by atoms with Crippen molar-refractivity contribution in [2.24, 2.45) is 11.8 Å². The highest BCUT2D eigenvalue weighted by atomic mass is 31.2. The summed E-state index contributed by atoms with van der Waals surface area (Å²) in [6.45, 7) is 9.58. The van der Waals surface area contributed by atoms with Crippen LogP contribution in [0.3, 0.4) is 0 Å². The molecule has 0 amide bonds. The van der Waals surface area contributed by atoms with E-state index in [9.17, 15) is 43.2 Å². The van der Waals surface area contributed by atoms with Gasteiger partial charge in [-0.25, -0.2) is 9.13 Å². The maximum Gasteiger partial charge on any atom is 0.472 e. The van der Waals surface area contributed by atoms with Crippen molar-refractivity contribution in [1.29, 1.82) is 0 Å². The fourth-order valence-corrected chi connectivity index (χ4v) is 12.8. The summed E-state index contributed by atoms with van der Waals surface area (Å²) in [6.07, 6.45) is 58.9. The van der Waals surface area contributed by atoms with Crippen LogP contribution in [0.1, 0.15) is 375 Å². The summed E-state index contributed by atoms with van der Waals surface area (Å²) < 4.78 is 68.5. The molecule has 566 valence electrons. The van der Waals surface area contributed by atoms with Crippen LogP contribution in [-0.2, 0) is 65.4 Å². The Kier molecular flexibility index (Phi) is 66.6. The highest BCUT2D eigenvalue weighted by Gasteiger charge is 2.30. The molecule has 3 N–H and O–H groups in total. The van der Waals surface area contributed by atoms with Gasteiger partial charge in [0.15, 0.2) is 12.2 Å². The molecule has 0 rings (SSSR count). The van der Waals surface area contributed by atoms with Gasteiger partial charge in [-0.05, 0) is 63.2 Å². The zero-order valence-corrected chi connectivity index (χ0v) is 63.9. The fraction of sp³-hybridized carbons (Fsp3) is 0.896. The molecular weight excluding hydrogens is 1260 g/mol. The van der Waals surface area contributed by atoms with Crippen molar-refractivity contribution >= 4 is 39.5 Å². The number of rotatable bonds is 74. The Balaban J connectivity index is 5.29. The molecular formula is C77H146O17P2. The third-order valence-electron chi connectivity index (χ3n) is 18.1. The van der Waals surface area contributed by atoms with Gasteiger partial charge in [-0.2, -0.15) is 0 Å². The van der Waals surface area contributed by atoms with Crippen LogP contribution in [0.2, 0.25) is 0 Å². The van der Waals surface area contributed by atoms with Crippen molar-refractivity contribution < 1.29 is 80.2 Å². The molecule has 0 bridgehead atoms. The molecule has 17 nitrogen and oxygen atoms in total. The summed E-state index contributed by atoms with van der Waals surface area (Å²) in [5.41, 5.74) is 0. The van der Waals surface area contributed by atoms with Gasteiger partial charge in [0, 0.05) is 25.7 Å². The van der Waals surface area contributed by atoms with Gasteiger partial charge in [-0.15, -0.1) is 0 Å². The van der Waals surface area contributed by atoms with Crippen molar-refractivity contribution in [3.8, 4) is 0 Å². The molecule has 0 aliphatic carbocycles. The SMILES string of the molecule is CCCCCC/C=C\C=C/CCCCCCCC(=O)OC[C@H](COP(=O)(O)OC[C@@H](O)COP(=O)(O)OC[C@@H](COC(=O)CCCCCCCCCCCCC)OC(=O)CCCCCCCCCCC(C)CC)OC(=O)CCCCCCCCCCCCCCCCC(C)CC. The number of phosphoric acid groups is 2. The maximum atomic E-state index is 13.1. The third-order valence-corrected chi connectivity index (χ3v) is 20.0. The lowest BCUT2D eigenvalue weighted by molar-refractivity contribution is -0.161. The first kappa shape index (κ1) is 93.5. The normalized spacial score (nSPS) is 14.7. The van der Waals surface area contributed by atoms with Crippen LogP contribution in [-0.4, -0.2) is 96.7 Å². The van der Waals surface area contributed by atoms with E-state index in [1.54, 1.807) is 0 Å². The van der Waals surface area contributed by atoms with Crippen LogP contribution in [0.25, 0.3) is 0 Å². The van der Waals surface area contributed by atoms with Crippen LogP contribution >= 0.6 is 15.6 Å². The monoisotopic (exact) mass is 1410 g/mol. The van der Waals surface area contributed by atoms with Crippen molar-refractivity contribution in [2.75, 3.05) is 39.6 Å². The molecule has 0 saturated heterocycles. The molecule has 96 heavy (non-hydrogen) atoms. The standard InChI is InChI=1S/C77H146O17P2/c1-7-11-13-15-17-19-21-22-23-27-31-35-42-48-54-60-75(80)88-65-72(93-76(81)61-55-49-43-36-32-28-25-24-26-30-33-39-45-51-57-69(5)9-3)67-91-95(83,84)89-63-71(78)64-90-96(85,86)92-68-73(66-87-74(79)59-53-47-41-34-29-20-18-16-14-12-8-2)94-77(82)62-56-50-44-38-37-40-46-52-58-70(6)10-4/h19,21-23,69-73,78H,7-18,20,24-68H2,1-6H3,(H,83,84)(H,85,86)/b21-19-,23-22-/t69?,70?,71-,72-,73-/m1/s1. The van der Waals surface area contributed by atoms with Crippen molar-refractivity contribution in [3.05, 3.63) is 24.3 Å². The van der Waals surface area contributed by atoms with E-state index in [0.29, 0.717) is 25.7 Å². The average Bonchev–Trinajstić information content (AvgIpc) is 1.34. The maximum absolute atomic E-state index is 13.1. The Bertz CT molecular complexity index is 1950. The van der Waals surface area contributed by atoms with E-state index < -0.39 is 97.5 Å². The van der Waals surface area contributed by atoms with E-state index in [1.165, 1.54) is 173 Å². The second-order valence-corrected chi connectivity index (χ2v) is 30.5. The van der Waals surface area contributed by atoms with Crippen LogP contribution in [0.4, 0.5) is 0 Å². The van der Waals surface area contributed by atoms with Crippen molar-refractivity contribution in [1.82, 2.24) is 0 Å². The largest absolute Gasteiger partial charge is 0.472 e. The van der Waals surface area contributed by atoms with Gasteiger partial charge in [0.1, 0.15) is 19.3 Å². The number of phosphoric ester groups is 2. The number of hydrogen-bond acceptors (Lipinski definition) is 15. The number of ether oxygens (including phenoxy) is 4. The number of carbonyl (C=O) groups excluding carboxylic acids is 4. The fourth-order valence-electron chi connectivity index (χ4n) is 11.2. The molecule has 0 fully saturated rings. The zero-order valence-electron chi connectivity index (χ0n) is 62.2. The van der Waals surface area contributed by atoms with Gasteiger partial charge < -0.3 is 33.8 Å². The van der Waals surface area contributed by atoms with E-state index >= 15 is 0 Å². The Morgan fingerprint density at radius 2 is 0.583 bits per heavy atom. The van der Waals surface area contributed by atoms with Gasteiger partial charge in [0.25, 0.3) is 0 Å². The van der Waals surface area contributed by atoms with Crippen LogP contribution in [0, 0.1) is 11.8 Å². The second-order valence-electron chi connectivity index (χ2n) is 27.5. The molecule has 0 radical (unpaired) electrons. The number of aliphatic hydroxyl groups is 1. The first-order chi connectivity index (χ1) is 46.4. The van der Waals surface area contributed by atoms with Gasteiger partial charge in [-0.1, -0.05) is 323 Å². The van der Waals surface area contributed by atoms with Crippen LogP contribution in [0.5, 0.6) is 0 Å². The predicted molar refractivity (Wildman–Crippen MR) is 391 cm³/mol. The summed E-state index contributed by atoms with van der Waals surface area (Å²) in [4.78, 5) is 72.8. The number of aliphatic hydroxyl groups excluding tert-OH is 1. The molecule has 4 unspecified atom stereocenters. The zero-order chi connectivity index (χ0) is 70.7. The summed E-state index contributed by atoms with van der Waals surface area (Å²) in [5.74, 6) is -0.534. The first-order valence-electron chi connectivity index (χ1n) is 39.4. The number of hydrogen-bond donors (Lipinski definition) is 3. The molecule has 0 aliphatic rings. The molecule has 0 aromatic carbocycles. The van der Waals surface area contributed by atoms with Gasteiger partial charge >= 0.3 is 39.5 Å². The summed E-state index contributed by atoms with van der Waals surface area (Å²) in [7, 11) is -9.92.